The molecular weight excluding hydrogens is 230 g/mol. The summed E-state index contributed by atoms with van der Waals surface area (Å²) in [5.74, 6) is -0.408. The monoisotopic (exact) mass is 243 g/mol. The number of imidazole rings is 1. The summed E-state index contributed by atoms with van der Waals surface area (Å²) in [5.41, 5.74) is 6.36. The van der Waals surface area contributed by atoms with Crippen LogP contribution in [-0.4, -0.2) is 28.7 Å². The lowest BCUT2D eigenvalue weighted by molar-refractivity contribution is -0.143. The van der Waals surface area contributed by atoms with Crippen molar-refractivity contribution >= 4 is 17.6 Å². The first-order valence-electron chi connectivity index (χ1n) is 5.03. The maximum atomic E-state index is 11.5. The highest BCUT2D eigenvalue weighted by atomic mass is 35.5. The molecule has 1 unspecified atom stereocenters. The van der Waals surface area contributed by atoms with Gasteiger partial charge in [0.2, 0.25) is 0 Å². The fourth-order valence-corrected chi connectivity index (χ4v) is 2.51. The predicted octanol–water partition coefficient (Wildman–Crippen LogP) is 0.605. The summed E-state index contributed by atoms with van der Waals surface area (Å²) in [7, 11) is 3.18. The number of aromatic nitrogens is 2. The predicted molar refractivity (Wildman–Crippen MR) is 59.1 cm³/mol. The second-order valence-corrected chi connectivity index (χ2v) is 4.51. The Balaban J connectivity index is 2.37. The van der Waals surface area contributed by atoms with Gasteiger partial charge in [-0.05, 0) is 12.8 Å². The molecule has 1 aromatic heterocycles. The van der Waals surface area contributed by atoms with E-state index in [1.807, 2.05) is 11.6 Å². The summed E-state index contributed by atoms with van der Waals surface area (Å²) < 4.78 is 6.50. The Morgan fingerprint density at radius 1 is 1.75 bits per heavy atom. The van der Waals surface area contributed by atoms with E-state index < -0.39 is 17.4 Å². The number of halogens is 1. The molecule has 6 heteroatoms. The molecule has 2 rings (SSSR count). The number of aryl methyl sites for hydroxylation is 1. The van der Waals surface area contributed by atoms with E-state index in [1.54, 1.807) is 6.33 Å². The van der Waals surface area contributed by atoms with E-state index >= 15 is 0 Å². The zero-order valence-electron chi connectivity index (χ0n) is 9.24. The number of carbonyl (C=O) groups is 1. The van der Waals surface area contributed by atoms with E-state index in [1.165, 1.54) is 7.11 Å². The molecule has 2 N–H and O–H groups in total. The third-order valence-electron chi connectivity index (χ3n) is 3.20. The molecular formula is C10H14ClN3O2. The number of rotatable bonds is 3. The highest BCUT2D eigenvalue weighted by Gasteiger charge is 2.55. The number of ether oxygens (including phenoxy) is 1. The minimum absolute atomic E-state index is 0.393. The first-order chi connectivity index (χ1) is 7.53. The van der Waals surface area contributed by atoms with Gasteiger partial charge in [-0.1, -0.05) is 11.6 Å². The molecule has 0 saturated heterocycles. The number of nitrogens with zero attached hydrogens (tertiary/aromatic N) is 2. The number of methoxy groups -OCH3 is 1. The van der Waals surface area contributed by atoms with Crippen molar-refractivity contribution in [2.24, 2.45) is 12.8 Å². The molecule has 1 aliphatic carbocycles. The summed E-state index contributed by atoms with van der Waals surface area (Å²) in [6.45, 7) is 0. The van der Waals surface area contributed by atoms with Gasteiger partial charge >= 0.3 is 5.97 Å². The SMILES string of the molecule is COC(=O)C(N)C1(c2c(Cl)ncn2C)CC1. The molecule has 0 amide bonds. The number of hydrogen-bond acceptors (Lipinski definition) is 4. The van der Waals surface area contributed by atoms with Gasteiger partial charge < -0.3 is 15.0 Å². The highest BCUT2D eigenvalue weighted by molar-refractivity contribution is 6.30. The topological polar surface area (TPSA) is 70.1 Å². The average molecular weight is 244 g/mol. The minimum Gasteiger partial charge on any atom is -0.468 e. The lowest BCUT2D eigenvalue weighted by Gasteiger charge is -2.21. The Bertz CT molecular complexity index is 406. The van der Waals surface area contributed by atoms with Crippen LogP contribution in [0.3, 0.4) is 0 Å². The van der Waals surface area contributed by atoms with Crippen molar-refractivity contribution in [1.82, 2.24) is 9.55 Å². The zero-order chi connectivity index (χ0) is 11.9. The van der Waals surface area contributed by atoms with E-state index in [2.05, 4.69) is 9.72 Å². The molecule has 0 bridgehead atoms. The van der Waals surface area contributed by atoms with Gasteiger partial charge in [0, 0.05) is 12.5 Å². The van der Waals surface area contributed by atoms with Crippen LogP contribution in [0.25, 0.3) is 0 Å². The fraction of sp³-hybridized carbons (Fsp3) is 0.600. The quantitative estimate of drug-likeness (QED) is 0.790. The largest absolute Gasteiger partial charge is 0.468 e. The van der Waals surface area contributed by atoms with Gasteiger partial charge in [-0.15, -0.1) is 0 Å². The lowest BCUT2D eigenvalue weighted by Crippen LogP contribution is -2.43. The van der Waals surface area contributed by atoms with Gasteiger partial charge in [-0.25, -0.2) is 4.98 Å². The van der Waals surface area contributed by atoms with Crippen LogP contribution in [0.2, 0.25) is 5.15 Å². The summed E-state index contributed by atoms with van der Waals surface area (Å²) in [6.07, 6.45) is 3.30. The van der Waals surface area contributed by atoms with Gasteiger partial charge in [0.05, 0.1) is 19.1 Å². The molecule has 1 fully saturated rings. The second kappa shape index (κ2) is 3.75. The summed E-state index contributed by atoms with van der Waals surface area (Å²) >= 11 is 6.02. The van der Waals surface area contributed by atoms with Gasteiger partial charge in [0.25, 0.3) is 0 Å². The van der Waals surface area contributed by atoms with Gasteiger partial charge in [-0.2, -0.15) is 0 Å². The van der Waals surface area contributed by atoms with Gasteiger partial charge in [0.15, 0.2) is 5.15 Å². The molecule has 16 heavy (non-hydrogen) atoms. The van der Waals surface area contributed by atoms with Gasteiger partial charge in [0.1, 0.15) is 6.04 Å². The average Bonchev–Trinajstić information content (AvgIpc) is 2.99. The lowest BCUT2D eigenvalue weighted by atomic mass is 9.93. The molecule has 5 nitrogen and oxygen atoms in total. The van der Waals surface area contributed by atoms with Crippen LogP contribution in [0.1, 0.15) is 18.5 Å². The summed E-state index contributed by atoms with van der Waals surface area (Å²) in [4.78, 5) is 15.5. The Hall–Kier alpha value is -1.07. The van der Waals surface area contributed by atoms with E-state index in [0.717, 1.165) is 18.5 Å². The van der Waals surface area contributed by atoms with Crippen LogP contribution in [0.5, 0.6) is 0 Å². The molecule has 0 aliphatic heterocycles. The molecule has 1 aliphatic rings. The van der Waals surface area contributed by atoms with Gasteiger partial charge in [-0.3, -0.25) is 4.79 Å². The number of hydrogen-bond donors (Lipinski definition) is 1. The Kier molecular flexibility index (Phi) is 2.67. The summed E-state index contributed by atoms with van der Waals surface area (Å²) in [6, 6.07) is -0.676. The van der Waals surface area contributed by atoms with Crippen molar-refractivity contribution < 1.29 is 9.53 Å². The van der Waals surface area contributed by atoms with Crippen LogP contribution >= 0.6 is 11.6 Å². The maximum Gasteiger partial charge on any atom is 0.323 e. The number of carbonyl (C=O) groups excluding carboxylic acids is 1. The molecule has 1 heterocycles. The van der Waals surface area contributed by atoms with Crippen molar-refractivity contribution in [3.05, 3.63) is 17.2 Å². The molecule has 0 aromatic carbocycles. The Morgan fingerprint density at radius 2 is 2.38 bits per heavy atom. The van der Waals surface area contributed by atoms with Crippen LogP contribution in [-0.2, 0) is 22.0 Å². The Morgan fingerprint density at radius 3 is 2.75 bits per heavy atom. The molecule has 0 spiro atoms. The van der Waals surface area contributed by atoms with Crippen molar-refractivity contribution in [3.63, 3.8) is 0 Å². The van der Waals surface area contributed by atoms with Crippen LogP contribution in [0.4, 0.5) is 0 Å². The van der Waals surface area contributed by atoms with E-state index in [-0.39, 0.29) is 0 Å². The first-order valence-corrected chi connectivity index (χ1v) is 5.41. The summed E-state index contributed by atoms with van der Waals surface area (Å²) in [5, 5.41) is 0.416. The van der Waals surface area contributed by atoms with Crippen LogP contribution in [0, 0.1) is 0 Å². The zero-order valence-corrected chi connectivity index (χ0v) is 9.99. The Labute approximate surface area is 98.5 Å². The first kappa shape index (κ1) is 11.4. The molecule has 0 radical (unpaired) electrons. The van der Waals surface area contributed by atoms with E-state index in [0.29, 0.717) is 5.15 Å². The molecule has 1 aromatic rings. The standard InChI is InChI=1S/C10H14ClN3O2/c1-14-5-13-8(11)7(14)10(3-4-10)6(12)9(15)16-2/h5-6H,3-4,12H2,1-2H3. The highest BCUT2D eigenvalue weighted by Crippen LogP contribution is 2.52. The fourth-order valence-electron chi connectivity index (χ4n) is 2.14. The molecule has 88 valence electrons. The van der Waals surface area contributed by atoms with Crippen LogP contribution in [0.15, 0.2) is 6.33 Å². The number of nitrogens with two attached hydrogens (primary N) is 1. The van der Waals surface area contributed by atoms with Crippen molar-refractivity contribution in [3.8, 4) is 0 Å². The van der Waals surface area contributed by atoms with E-state index in [9.17, 15) is 4.79 Å². The smallest absolute Gasteiger partial charge is 0.323 e. The van der Waals surface area contributed by atoms with Crippen molar-refractivity contribution in [2.45, 2.75) is 24.3 Å². The number of esters is 1. The minimum atomic E-state index is -0.676. The third-order valence-corrected chi connectivity index (χ3v) is 3.48. The third kappa shape index (κ3) is 1.51. The van der Waals surface area contributed by atoms with Crippen LogP contribution < -0.4 is 5.73 Å². The molecule has 1 saturated carbocycles. The molecule has 1 atom stereocenters. The van der Waals surface area contributed by atoms with Crippen molar-refractivity contribution in [1.29, 1.82) is 0 Å². The van der Waals surface area contributed by atoms with Crippen molar-refractivity contribution in [2.75, 3.05) is 7.11 Å². The normalized spacial score (nSPS) is 19.2. The maximum absolute atomic E-state index is 11.5. The second-order valence-electron chi connectivity index (χ2n) is 4.15. The van der Waals surface area contributed by atoms with E-state index in [4.69, 9.17) is 17.3 Å².